The SMILES string of the molecule is O=C(CCc1ccccc1F)NCC(F)(F)F. The van der Waals surface area contributed by atoms with Crippen molar-refractivity contribution in [3.8, 4) is 0 Å². The number of rotatable bonds is 4. The summed E-state index contributed by atoms with van der Waals surface area (Å²) in [7, 11) is 0. The molecule has 94 valence electrons. The topological polar surface area (TPSA) is 29.1 Å². The van der Waals surface area contributed by atoms with Crippen LogP contribution in [0, 0.1) is 5.82 Å². The van der Waals surface area contributed by atoms with Crippen LogP contribution in [0.5, 0.6) is 0 Å². The molecule has 0 heterocycles. The van der Waals surface area contributed by atoms with E-state index in [0.29, 0.717) is 5.56 Å². The van der Waals surface area contributed by atoms with E-state index < -0.39 is 24.4 Å². The van der Waals surface area contributed by atoms with Crippen molar-refractivity contribution in [3.63, 3.8) is 0 Å². The molecular weight excluding hydrogens is 238 g/mol. The summed E-state index contributed by atoms with van der Waals surface area (Å²) in [4.78, 5) is 11.0. The van der Waals surface area contributed by atoms with Crippen LogP contribution < -0.4 is 5.32 Å². The molecule has 0 aliphatic heterocycles. The lowest BCUT2D eigenvalue weighted by molar-refractivity contribution is -0.138. The van der Waals surface area contributed by atoms with E-state index in [1.54, 1.807) is 11.4 Å². The maximum absolute atomic E-state index is 13.1. The van der Waals surface area contributed by atoms with Crippen LogP contribution >= 0.6 is 0 Å². The first-order valence-corrected chi connectivity index (χ1v) is 4.95. The number of carbonyl (C=O) groups excluding carboxylic acids is 1. The molecule has 0 spiro atoms. The predicted octanol–water partition coefficient (Wildman–Crippen LogP) is 2.44. The van der Waals surface area contributed by atoms with E-state index in [1.807, 2.05) is 0 Å². The first-order valence-electron chi connectivity index (χ1n) is 4.95. The molecule has 0 radical (unpaired) electrons. The summed E-state index contributed by atoms with van der Waals surface area (Å²) >= 11 is 0. The van der Waals surface area contributed by atoms with E-state index in [-0.39, 0.29) is 12.8 Å². The van der Waals surface area contributed by atoms with E-state index >= 15 is 0 Å². The first kappa shape index (κ1) is 13.5. The molecule has 2 nitrogen and oxygen atoms in total. The quantitative estimate of drug-likeness (QED) is 0.816. The average molecular weight is 249 g/mol. The summed E-state index contributed by atoms with van der Waals surface area (Å²) in [5.41, 5.74) is 0.314. The zero-order chi connectivity index (χ0) is 12.9. The van der Waals surface area contributed by atoms with Crippen LogP contribution in [0.15, 0.2) is 24.3 Å². The molecule has 0 bridgehead atoms. The van der Waals surface area contributed by atoms with Gasteiger partial charge in [-0.3, -0.25) is 4.79 Å². The maximum Gasteiger partial charge on any atom is 0.405 e. The van der Waals surface area contributed by atoms with E-state index in [1.165, 1.54) is 18.2 Å². The van der Waals surface area contributed by atoms with Crippen LogP contribution in [0.4, 0.5) is 17.6 Å². The van der Waals surface area contributed by atoms with Crippen molar-refractivity contribution in [2.75, 3.05) is 6.54 Å². The molecule has 1 rings (SSSR count). The van der Waals surface area contributed by atoms with Crippen LogP contribution in [-0.2, 0) is 11.2 Å². The van der Waals surface area contributed by atoms with Crippen LogP contribution in [-0.4, -0.2) is 18.6 Å². The van der Waals surface area contributed by atoms with Crippen LogP contribution in [0.3, 0.4) is 0 Å². The molecule has 0 aliphatic carbocycles. The van der Waals surface area contributed by atoms with Crippen molar-refractivity contribution in [2.45, 2.75) is 19.0 Å². The van der Waals surface area contributed by atoms with Gasteiger partial charge in [0.15, 0.2) is 0 Å². The molecule has 1 aromatic carbocycles. The molecule has 0 aliphatic rings. The number of carbonyl (C=O) groups is 1. The molecule has 0 atom stereocenters. The molecule has 0 fully saturated rings. The summed E-state index contributed by atoms with van der Waals surface area (Å²) in [6, 6.07) is 5.84. The van der Waals surface area contributed by atoms with E-state index in [4.69, 9.17) is 0 Å². The fourth-order valence-electron chi connectivity index (χ4n) is 1.24. The van der Waals surface area contributed by atoms with Crippen molar-refractivity contribution in [3.05, 3.63) is 35.6 Å². The second kappa shape index (κ2) is 5.65. The lowest BCUT2D eigenvalue weighted by atomic mass is 10.1. The Labute approximate surface area is 95.6 Å². The van der Waals surface area contributed by atoms with Gasteiger partial charge in [0.05, 0.1) is 0 Å². The Bertz CT molecular complexity index is 389. The Morgan fingerprint density at radius 1 is 1.24 bits per heavy atom. The highest BCUT2D eigenvalue weighted by Gasteiger charge is 2.27. The highest BCUT2D eigenvalue weighted by molar-refractivity contribution is 5.76. The maximum atomic E-state index is 13.1. The number of amides is 1. The minimum absolute atomic E-state index is 0.0797. The number of hydrogen-bond acceptors (Lipinski definition) is 1. The number of hydrogen-bond donors (Lipinski definition) is 1. The summed E-state index contributed by atoms with van der Waals surface area (Å²) in [5, 5.41) is 1.73. The molecule has 6 heteroatoms. The van der Waals surface area contributed by atoms with E-state index in [0.717, 1.165) is 0 Å². The van der Waals surface area contributed by atoms with Gasteiger partial charge in [-0.2, -0.15) is 13.2 Å². The Balaban J connectivity index is 2.36. The second-order valence-electron chi connectivity index (χ2n) is 3.48. The van der Waals surface area contributed by atoms with Gasteiger partial charge in [-0.05, 0) is 18.1 Å². The summed E-state index contributed by atoms with van der Waals surface area (Å²) in [6.45, 7) is -1.36. The van der Waals surface area contributed by atoms with Crippen LogP contribution in [0.2, 0.25) is 0 Å². The van der Waals surface area contributed by atoms with E-state index in [9.17, 15) is 22.4 Å². The lowest BCUT2D eigenvalue weighted by Crippen LogP contribution is -2.33. The first-order chi connectivity index (χ1) is 7.88. The van der Waals surface area contributed by atoms with Gasteiger partial charge >= 0.3 is 6.18 Å². The van der Waals surface area contributed by atoms with Gasteiger partial charge in [0, 0.05) is 6.42 Å². The smallest absolute Gasteiger partial charge is 0.347 e. The lowest BCUT2D eigenvalue weighted by Gasteiger charge is -2.08. The molecular formula is C11H11F4NO. The van der Waals surface area contributed by atoms with Gasteiger partial charge in [0.25, 0.3) is 0 Å². The zero-order valence-electron chi connectivity index (χ0n) is 8.85. The van der Waals surface area contributed by atoms with Gasteiger partial charge in [-0.1, -0.05) is 18.2 Å². The van der Waals surface area contributed by atoms with Crippen molar-refractivity contribution in [1.82, 2.24) is 5.32 Å². The molecule has 1 amide bonds. The van der Waals surface area contributed by atoms with Crippen molar-refractivity contribution < 1.29 is 22.4 Å². The minimum atomic E-state index is -4.42. The van der Waals surface area contributed by atoms with Crippen LogP contribution in [0.1, 0.15) is 12.0 Å². The van der Waals surface area contributed by atoms with E-state index in [2.05, 4.69) is 0 Å². The highest BCUT2D eigenvalue weighted by atomic mass is 19.4. The minimum Gasteiger partial charge on any atom is -0.347 e. The summed E-state index contributed by atoms with van der Waals surface area (Å²) < 4.78 is 48.4. The Hall–Kier alpha value is -1.59. The number of aryl methyl sites for hydroxylation is 1. The molecule has 17 heavy (non-hydrogen) atoms. The van der Waals surface area contributed by atoms with Crippen molar-refractivity contribution in [2.24, 2.45) is 0 Å². The molecule has 0 unspecified atom stereocenters. The molecule has 0 saturated carbocycles. The van der Waals surface area contributed by atoms with Gasteiger partial charge in [-0.15, -0.1) is 0 Å². The highest BCUT2D eigenvalue weighted by Crippen LogP contribution is 2.13. The monoisotopic (exact) mass is 249 g/mol. The average Bonchev–Trinajstić information content (AvgIpc) is 2.24. The number of halogens is 4. The summed E-state index contributed by atoms with van der Waals surface area (Å²) in [6.07, 6.45) is -4.51. The Kier molecular flexibility index (Phi) is 4.48. The third-order valence-corrected chi connectivity index (χ3v) is 2.07. The zero-order valence-corrected chi connectivity index (χ0v) is 8.85. The fraction of sp³-hybridized carbons (Fsp3) is 0.364. The third-order valence-electron chi connectivity index (χ3n) is 2.07. The van der Waals surface area contributed by atoms with Gasteiger partial charge < -0.3 is 5.32 Å². The predicted molar refractivity (Wildman–Crippen MR) is 53.8 cm³/mol. The second-order valence-corrected chi connectivity index (χ2v) is 3.48. The normalized spacial score (nSPS) is 11.3. The van der Waals surface area contributed by atoms with Gasteiger partial charge in [0.1, 0.15) is 12.4 Å². The number of alkyl halides is 3. The third kappa shape index (κ3) is 5.33. The van der Waals surface area contributed by atoms with Crippen LogP contribution in [0.25, 0.3) is 0 Å². The number of nitrogens with one attached hydrogen (secondary N) is 1. The molecule has 1 aromatic rings. The fourth-order valence-corrected chi connectivity index (χ4v) is 1.24. The standard InChI is InChI=1S/C11H11F4NO/c12-9-4-2-1-3-8(9)5-6-10(17)16-7-11(13,14)15/h1-4H,5-7H2,(H,16,17). The summed E-state index contributed by atoms with van der Waals surface area (Å²) in [5.74, 6) is -1.21. The molecule has 0 aromatic heterocycles. The Morgan fingerprint density at radius 3 is 2.47 bits per heavy atom. The molecule has 1 N–H and O–H groups in total. The van der Waals surface area contributed by atoms with Crippen molar-refractivity contribution in [1.29, 1.82) is 0 Å². The Morgan fingerprint density at radius 2 is 1.88 bits per heavy atom. The van der Waals surface area contributed by atoms with Gasteiger partial charge in [0.2, 0.25) is 5.91 Å². The number of benzene rings is 1. The van der Waals surface area contributed by atoms with Crippen molar-refractivity contribution >= 4 is 5.91 Å². The van der Waals surface area contributed by atoms with Gasteiger partial charge in [-0.25, -0.2) is 4.39 Å². The largest absolute Gasteiger partial charge is 0.405 e. The molecule has 0 saturated heterocycles.